The van der Waals surface area contributed by atoms with Gasteiger partial charge in [-0.3, -0.25) is 0 Å². The molecule has 0 amide bonds. The number of hydrogen-bond acceptors (Lipinski definition) is 7. The minimum atomic E-state index is -1.82. The van der Waals surface area contributed by atoms with Gasteiger partial charge in [0.25, 0.3) is 0 Å². The van der Waals surface area contributed by atoms with Crippen LogP contribution >= 0.6 is 0 Å². The molecule has 0 bridgehead atoms. The van der Waals surface area contributed by atoms with Crippen LogP contribution in [0.2, 0.25) is 58.9 Å². The van der Waals surface area contributed by atoms with E-state index >= 15 is 0 Å². The van der Waals surface area contributed by atoms with Crippen molar-refractivity contribution < 1.29 is 32.3 Å². The number of ether oxygens (including phenoxy) is 3. The molecular weight excluding hydrogens is 749 g/mol. The van der Waals surface area contributed by atoms with Crippen molar-refractivity contribution in [1.29, 1.82) is 0 Å². The van der Waals surface area contributed by atoms with E-state index in [-0.39, 0.29) is 54.8 Å². The molecule has 328 valence electrons. The summed E-state index contributed by atoms with van der Waals surface area (Å²) in [5, 5.41) is 0. The predicted octanol–water partition coefficient (Wildman–Crippen LogP) is 13.4. The molecule has 0 N–H and O–H groups in total. The lowest BCUT2D eigenvalue weighted by atomic mass is 9.99. The maximum absolute atomic E-state index is 12.1. The number of esters is 1. The van der Waals surface area contributed by atoms with Crippen LogP contribution in [-0.4, -0.2) is 79.8 Å². The van der Waals surface area contributed by atoms with Crippen molar-refractivity contribution in [3.8, 4) is 0 Å². The van der Waals surface area contributed by atoms with Gasteiger partial charge >= 0.3 is 5.97 Å². The van der Waals surface area contributed by atoms with Gasteiger partial charge in [0, 0.05) is 12.0 Å². The lowest BCUT2D eigenvalue weighted by Gasteiger charge is -2.33. The highest BCUT2D eigenvalue weighted by atomic mass is 28.4. The summed E-state index contributed by atoms with van der Waals surface area (Å²) in [5.74, 6) is -0.140. The third kappa shape index (κ3) is 20.8. The molecule has 2 saturated heterocycles. The van der Waals surface area contributed by atoms with E-state index in [1.54, 1.807) is 0 Å². The fourth-order valence-corrected chi connectivity index (χ4v) is 12.5. The highest BCUT2D eigenvalue weighted by molar-refractivity contribution is 6.70. The van der Waals surface area contributed by atoms with E-state index < -0.39 is 25.0 Å². The highest BCUT2D eigenvalue weighted by Crippen LogP contribution is 2.39. The van der Waals surface area contributed by atoms with Crippen molar-refractivity contribution in [2.75, 3.05) is 0 Å². The van der Waals surface area contributed by atoms with Crippen molar-refractivity contribution in [2.45, 2.75) is 276 Å². The average molecular weight is 839 g/mol. The molecule has 3 rings (SSSR count). The molecule has 0 radical (unpaired) electrons. The number of carbonyl (C=O) groups excluding carboxylic acids is 1. The highest BCUT2D eigenvalue weighted by Gasteiger charge is 2.49. The molecule has 7 nitrogen and oxygen atoms in total. The van der Waals surface area contributed by atoms with Crippen LogP contribution in [0.5, 0.6) is 0 Å². The van der Waals surface area contributed by atoms with Gasteiger partial charge in [-0.25, -0.2) is 4.79 Å². The van der Waals surface area contributed by atoms with Gasteiger partial charge in [0.15, 0.2) is 25.0 Å². The van der Waals surface area contributed by atoms with Crippen LogP contribution in [0.15, 0.2) is 11.6 Å². The first-order valence-corrected chi connectivity index (χ1v) is 33.9. The zero-order valence-electron chi connectivity index (χ0n) is 38.5. The van der Waals surface area contributed by atoms with Crippen LogP contribution < -0.4 is 0 Å². The minimum absolute atomic E-state index is 0.0136. The molecule has 0 aromatic rings. The Hall–Kier alpha value is -0.339. The van der Waals surface area contributed by atoms with Gasteiger partial charge in [-0.1, -0.05) is 116 Å². The molecule has 0 unspecified atom stereocenters. The van der Waals surface area contributed by atoms with Crippen LogP contribution in [0, 0.1) is 0 Å². The second-order valence-corrected chi connectivity index (χ2v) is 34.0. The van der Waals surface area contributed by atoms with Crippen molar-refractivity contribution in [3.05, 3.63) is 11.6 Å². The monoisotopic (exact) mass is 839 g/mol. The number of carbonyl (C=O) groups is 1. The van der Waals surface area contributed by atoms with E-state index in [0.29, 0.717) is 0 Å². The maximum atomic E-state index is 12.1. The second-order valence-electron chi connectivity index (χ2n) is 20.6. The molecule has 56 heavy (non-hydrogen) atoms. The first-order valence-electron chi connectivity index (χ1n) is 23.7. The van der Waals surface area contributed by atoms with Crippen LogP contribution in [0.4, 0.5) is 0 Å². The normalized spacial score (nSPS) is 25.8. The van der Waals surface area contributed by atoms with Crippen molar-refractivity contribution in [1.82, 2.24) is 0 Å². The largest absolute Gasteiger partial charge is 0.455 e. The Kier molecular flexibility index (Phi) is 22.7. The third-order valence-corrected chi connectivity index (χ3v) is 14.5. The molecule has 0 aromatic carbocycles. The maximum Gasteiger partial charge on any atom is 0.334 e. The summed E-state index contributed by atoms with van der Waals surface area (Å²) in [5.41, 5.74) is 0.839. The van der Waals surface area contributed by atoms with Crippen LogP contribution in [0.3, 0.4) is 0 Å². The summed E-state index contributed by atoms with van der Waals surface area (Å²) in [6.07, 6.45) is 31.8. The lowest BCUT2D eigenvalue weighted by Crippen LogP contribution is -2.43. The zero-order chi connectivity index (χ0) is 41.2. The molecule has 0 saturated carbocycles. The number of cyclic esters (lactones) is 1. The molecule has 8 atom stereocenters. The first-order chi connectivity index (χ1) is 26.4. The van der Waals surface area contributed by atoms with Crippen LogP contribution in [-0.2, 0) is 32.3 Å². The first kappa shape index (κ1) is 50.0. The number of unbranched alkanes of at least 4 members (excludes halogenated alkanes) is 16. The molecule has 0 spiro atoms. The zero-order valence-corrected chi connectivity index (χ0v) is 41.5. The Morgan fingerprint density at radius 3 is 1.57 bits per heavy atom. The topological polar surface area (TPSA) is 72.5 Å². The van der Waals surface area contributed by atoms with E-state index in [0.717, 1.165) is 63.4 Å². The van der Waals surface area contributed by atoms with Crippen molar-refractivity contribution >= 4 is 30.9 Å². The molecule has 2 fully saturated rings. The van der Waals surface area contributed by atoms with E-state index in [1.165, 1.54) is 96.3 Å². The Morgan fingerprint density at radius 1 is 0.625 bits per heavy atom. The fourth-order valence-electron chi connectivity index (χ4n) is 8.97. The van der Waals surface area contributed by atoms with Gasteiger partial charge in [0.1, 0.15) is 12.2 Å². The summed E-state index contributed by atoms with van der Waals surface area (Å²) in [6, 6.07) is 0. The molecule has 3 heterocycles. The summed E-state index contributed by atoms with van der Waals surface area (Å²) >= 11 is 0. The predicted molar refractivity (Wildman–Crippen MR) is 242 cm³/mol. The Balaban J connectivity index is 1.49. The van der Waals surface area contributed by atoms with Crippen LogP contribution in [0.1, 0.15) is 168 Å². The van der Waals surface area contributed by atoms with Crippen LogP contribution in [0.25, 0.3) is 0 Å². The van der Waals surface area contributed by atoms with E-state index in [1.807, 2.05) is 13.0 Å². The molecule has 3 aliphatic rings. The van der Waals surface area contributed by atoms with Crippen molar-refractivity contribution in [3.63, 3.8) is 0 Å². The Bertz CT molecular complexity index is 1110. The smallest absolute Gasteiger partial charge is 0.334 e. The standard InChI is InChI=1S/C46H90O7Si3/c1-12-13-14-15-16-17-18-19-20-21-22-23-24-25-28-32-41(52-55(6,7)8)43-36-44(53-56(9,10)11)45(50-43)42-34-33-39(49-42)40(51-54(3,4)5)31-29-26-27-30-38-35-37(2)48-46(38)47/h35,37,39-45H,12-34,36H2,1-11H3/t37-,39+,40+,41+,42+,43+,44+,45-/m0/s1. The van der Waals surface area contributed by atoms with Gasteiger partial charge in [-0.15, -0.1) is 0 Å². The third-order valence-electron chi connectivity index (χ3n) is 11.5. The summed E-state index contributed by atoms with van der Waals surface area (Å²) in [4.78, 5) is 12.1. The summed E-state index contributed by atoms with van der Waals surface area (Å²) < 4.78 is 40.1. The van der Waals surface area contributed by atoms with Crippen molar-refractivity contribution in [2.24, 2.45) is 0 Å². The van der Waals surface area contributed by atoms with Gasteiger partial charge in [0.2, 0.25) is 0 Å². The number of hydrogen-bond donors (Lipinski definition) is 0. The molecule has 10 heteroatoms. The minimum Gasteiger partial charge on any atom is -0.455 e. The average Bonchev–Trinajstić information content (AvgIpc) is 3.81. The summed E-state index contributed by atoms with van der Waals surface area (Å²) in [6.45, 7) is 24.9. The van der Waals surface area contributed by atoms with Gasteiger partial charge < -0.3 is 27.5 Å². The quantitative estimate of drug-likeness (QED) is 0.0391. The van der Waals surface area contributed by atoms with Gasteiger partial charge in [0.05, 0.1) is 36.6 Å². The fraction of sp³-hybridized carbons (Fsp3) is 0.935. The van der Waals surface area contributed by atoms with E-state index in [2.05, 4.69) is 65.8 Å². The molecule has 0 aromatic heterocycles. The molecule has 0 aliphatic carbocycles. The Labute approximate surface area is 349 Å². The van der Waals surface area contributed by atoms with Gasteiger partial charge in [-0.2, -0.15) is 0 Å². The number of rotatable bonds is 31. The van der Waals surface area contributed by atoms with E-state index in [9.17, 15) is 4.79 Å². The van der Waals surface area contributed by atoms with E-state index in [4.69, 9.17) is 27.5 Å². The second kappa shape index (κ2) is 25.4. The lowest BCUT2D eigenvalue weighted by molar-refractivity contribution is -0.139. The summed E-state index contributed by atoms with van der Waals surface area (Å²) in [7, 11) is -5.40. The molecule has 3 aliphatic heterocycles. The Morgan fingerprint density at radius 2 is 1.11 bits per heavy atom. The SMILES string of the molecule is CCCCCCCCCCCCCCCCC[C@@H](O[Si](C)(C)C)[C@H]1C[C@@H](O[Si](C)(C)C)[C@H]([C@H]2CC[C@H]([C@@H](CCCCCC3=C[C@H](C)OC3=O)O[Si](C)(C)C)O2)O1. The molecular formula is C46H90O7Si3. The van der Waals surface area contributed by atoms with Gasteiger partial charge in [-0.05, 0) is 110 Å².